The number of methoxy groups -OCH3 is 2. The van der Waals surface area contributed by atoms with Crippen molar-refractivity contribution in [3.8, 4) is 11.5 Å². The third-order valence-electron chi connectivity index (χ3n) is 3.93. The van der Waals surface area contributed by atoms with E-state index in [2.05, 4.69) is 0 Å². The zero-order chi connectivity index (χ0) is 16.1. The number of hydrogen-bond acceptors (Lipinski definition) is 4. The summed E-state index contributed by atoms with van der Waals surface area (Å²) in [6.07, 6.45) is 1.59. The van der Waals surface area contributed by atoms with Crippen LogP contribution in [0.2, 0.25) is 0 Å². The summed E-state index contributed by atoms with van der Waals surface area (Å²) in [5.41, 5.74) is 0.820. The molecule has 2 rings (SSSR count). The zero-order valence-electron chi connectivity index (χ0n) is 12.9. The molecular weight excluding hydrogens is 286 g/mol. The van der Waals surface area contributed by atoms with Gasteiger partial charge in [0.25, 0.3) is 0 Å². The molecule has 0 saturated carbocycles. The van der Waals surface area contributed by atoms with Crippen molar-refractivity contribution in [3.63, 3.8) is 0 Å². The van der Waals surface area contributed by atoms with Gasteiger partial charge >= 0.3 is 5.97 Å². The fourth-order valence-electron chi connectivity index (χ4n) is 2.68. The predicted molar refractivity (Wildman–Crippen MR) is 80.2 cm³/mol. The minimum absolute atomic E-state index is 0.0573. The molecule has 1 heterocycles. The molecule has 0 aliphatic carbocycles. The summed E-state index contributed by atoms with van der Waals surface area (Å²) < 4.78 is 10.4. The lowest BCUT2D eigenvalue weighted by atomic mass is 9.97. The van der Waals surface area contributed by atoms with E-state index in [9.17, 15) is 9.59 Å². The number of carboxylic acids is 1. The summed E-state index contributed by atoms with van der Waals surface area (Å²) in [5, 5.41) is 9.09. The Morgan fingerprint density at radius 1 is 1.27 bits per heavy atom. The topological polar surface area (TPSA) is 76.1 Å². The van der Waals surface area contributed by atoms with Crippen molar-refractivity contribution < 1.29 is 24.2 Å². The molecular formula is C16H21NO5. The Hall–Kier alpha value is -2.24. The van der Waals surface area contributed by atoms with E-state index in [1.165, 1.54) is 0 Å². The van der Waals surface area contributed by atoms with E-state index in [1.807, 2.05) is 6.07 Å². The molecule has 1 fully saturated rings. The van der Waals surface area contributed by atoms with Crippen LogP contribution in [0.15, 0.2) is 18.2 Å². The van der Waals surface area contributed by atoms with Crippen LogP contribution in [0.5, 0.6) is 11.5 Å². The Bertz CT molecular complexity index is 557. The maximum Gasteiger partial charge on any atom is 0.308 e. The van der Waals surface area contributed by atoms with Gasteiger partial charge in [-0.2, -0.15) is 0 Å². The van der Waals surface area contributed by atoms with Crippen LogP contribution in [0, 0.1) is 5.92 Å². The summed E-state index contributed by atoms with van der Waals surface area (Å²) in [7, 11) is 3.11. The molecule has 0 aromatic heterocycles. The van der Waals surface area contributed by atoms with Gasteiger partial charge in [-0.1, -0.05) is 6.07 Å². The van der Waals surface area contributed by atoms with Gasteiger partial charge in [-0.05, 0) is 30.5 Å². The molecule has 0 bridgehead atoms. The number of piperidine rings is 1. The maximum atomic E-state index is 12.4. The Kier molecular flexibility index (Phi) is 5.25. The lowest BCUT2D eigenvalue weighted by Gasteiger charge is -2.30. The minimum atomic E-state index is -0.830. The van der Waals surface area contributed by atoms with Crippen molar-refractivity contribution in [3.05, 3.63) is 23.8 Å². The quantitative estimate of drug-likeness (QED) is 0.893. The van der Waals surface area contributed by atoms with Crippen LogP contribution >= 0.6 is 0 Å². The van der Waals surface area contributed by atoms with E-state index in [1.54, 1.807) is 31.3 Å². The lowest BCUT2D eigenvalue weighted by Crippen LogP contribution is -2.42. The van der Waals surface area contributed by atoms with E-state index in [-0.39, 0.29) is 12.3 Å². The smallest absolute Gasteiger partial charge is 0.308 e. The highest BCUT2D eigenvalue weighted by Crippen LogP contribution is 2.28. The van der Waals surface area contributed by atoms with Gasteiger partial charge in [0.1, 0.15) is 0 Å². The Morgan fingerprint density at radius 3 is 2.64 bits per heavy atom. The van der Waals surface area contributed by atoms with Gasteiger partial charge in [-0.15, -0.1) is 0 Å². The van der Waals surface area contributed by atoms with Crippen molar-refractivity contribution in [1.29, 1.82) is 0 Å². The molecule has 1 aromatic rings. The Balaban J connectivity index is 2.04. The van der Waals surface area contributed by atoms with E-state index < -0.39 is 11.9 Å². The molecule has 22 heavy (non-hydrogen) atoms. The molecule has 0 radical (unpaired) electrons. The molecule has 1 unspecified atom stereocenters. The SMILES string of the molecule is COc1ccc(CC(=O)N2CCCC(C(=O)O)C2)cc1OC. The minimum Gasteiger partial charge on any atom is -0.493 e. The van der Waals surface area contributed by atoms with Crippen LogP contribution in [0.4, 0.5) is 0 Å². The number of likely N-dealkylation sites (tertiary alicyclic amines) is 1. The van der Waals surface area contributed by atoms with E-state index >= 15 is 0 Å². The maximum absolute atomic E-state index is 12.4. The van der Waals surface area contributed by atoms with Crippen LogP contribution in [0.3, 0.4) is 0 Å². The second kappa shape index (κ2) is 7.15. The standard InChI is InChI=1S/C16H21NO5/c1-21-13-6-5-11(8-14(13)22-2)9-15(18)17-7-3-4-12(10-17)16(19)20/h5-6,8,12H,3-4,7,9-10H2,1-2H3,(H,19,20). The van der Waals surface area contributed by atoms with Gasteiger partial charge in [-0.3, -0.25) is 9.59 Å². The van der Waals surface area contributed by atoms with Gasteiger partial charge in [0.15, 0.2) is 11.5 Å². The summed E-state index contributed by atoms with van der Waals surface area (Å²) in [6, 6.07) is 5.35. The third kappa shape index (κ3) is 3.69. The number of carboxylic acid groups (broad SMARTS) is 1. The van der Waals surface area contributed by atoms with Crippen LogP contribution in [-0.4, -0.2) is 49.2 Å². The van der Waals surface area contributed by atoms with E-state index in [4.69, 9.17) is 14.6 Å². The molecule has 1 N–H and O–H groups in total. The zero-order valence-corrected chi connectivity index (χ0v) is 12.9. The highest BCUT2D eigenvalue weighted by atomic mass is 16.5. The number of carbonyl (C=O) groups is 2. The van der Waals surface area contributed by atoms with E-state index in [0.717, 1.165) is 12.0 Å². The normalized spacial score (nSPS) is 17.9. The monoisotopic (exact) mass is 307 g/mol. The Morgan fingerprint density at radius 2 is 2.00 bits per heavy atom. The van der Waals surface area contributed by atoms with Gasteiger partial charge < -0.3 is 19.5 Å². The number of aliphatic carboxylic acids is 1. The molecule has 0 spiro atoms. The summed E-state index contributed by atoms with van der Waals surface area (Å²) in [5.74, 6) is -0.151. The number of benzene rings is 1. The van der Waals surface area contributed by atoms with Gasteiger partial charge in [0, 0.05) is 13.1 Å². The number of ether oxygens (including phenoxy) is 2. The highest BCUT2D eigenvalue weighted by molar-refractivity contribution is 5.80. The first kappa shape index (κ1) is 16.1. The molecule has 1 aliphatic heterocycles. The fraction of sp³-hybridized carbons (Fsp3) is 0.500. The average molecular weight is 307 g/mol. The number of amides is 1. The first-order valence-electron chi connectivity index (χ1n) is 7.26. The second-order valence-corrected chi connectivity index (χ2v) is 5.38. The average Bonchev–Trinajstić information content (AvgIpc) is 2.54. The van der Waals surface area contributed by atoms with Crippen molar-refractivity contribution >= 4 is 11.9 Å². The first-order chi connectivity index (χ1) is 10.5. The van der Waals surface area contributed by atoms with Crippen molar-refractivity contribution in [1.82, 2.24) is 4.90 Å². The predicted octanol–water partition coefficient (Wildman–Crippen LogP) is 1.57. The van der Waals surface area contributed by atoms with E-state index in [0.29, 0.717) is 31.0 Å². The van der Waals surface area contributed by atoms with Gasteiger partial charge in [-0.25, -0.2) is 0 Å². The first-order valence-corrected chi connectivity index (χ1v) is 7.26. The molecule has 1 amide bonds. The summed E-state index contributed by atoms with van der Waals surface area (Å²) in [6.45, 7) is 0.914. The molecule has 1 aliphatic rings. The molecule has 120 valence electrons. The molecule has 1 saturated heterocycles. The molecule has 1 aromatic carbocycles. The molecule has 6 nitrogen and oxygen atoms in total. The number of rotatable bonds is 5. The van der Waals surface area contributed by atoms with Crippen molar-refractivity contribution in [2.45, 2.75) is 19.3 Å². The van der Waals surface area contributed by atoms with Gasteiger partial charge in [0.2, 0.25) is 5.91 Å². The van der Waals surface area contributed by atoms with Crippen molar-refractivity contribution in [2.75, 3.05) is 27.3 Å². The molecule has 6 heteroatoms. The van der Waals surface area contributed by atoms with Gasteiger partial charge in [0.05, 0.1) is 26.6 Å². The second-order valence-electron chi connectivity index (χ2n) is 5.38. The molecule has 1 atom stereocenters. The highest BCUT2D eigenvalue weighted by Gasteiger charge is 2.28. The lowest BCUT2D eigenvalue weighted by molar-refractivity contribution is -0.145. The number of nitrogens with zero attached hydrogens (tertiary/aromatic N) is 1. The Labute approximate surface area is 129 Å². The third-order valence-corrected chi connectivity index (χ3v) is 3.93. The van der Waals surface area contributed by atoms with Crippen LogP contribution in [0.25, 0.3) is 0 Å². The summed E-state index contributed by atoms with van der Waals surface area (Å²) >= 11 is 0. The van der Waals surface area contributed by atoms with Crippen molar-refractivity contribution in [2.24, 2.45) is 5.92 Å². The van der Waals surface area contributed by atoms with Crippen LogP contribution in [0.1, 0.15) is 18.4 Å². The fourth-order valence-corrected chi connectivity index (χ4v) is 2.68. The summed E-state index contributed by atoms with van der Waals surface area (Å²) in [4.78, 5) is 25.1. The number of carbonyl (C=O) groups excluding carboxylic acids is 1. The van der Waals surface area contributed by atoms with Crippen LogP contribution < -0.4 is 9.47 Å². The van der Waals surface area contributed by atoms with Crippen LogP contribution in [-0.2, 0) is 16.0 Å². The largest absolute Gasteiger partial charge is 0.493 e. The number of hydrogen-bond donors (Lipinski definition) is 1.